The van der Waals surface area contributed by atoms with E-state index in [0.29, 0.717) is 6.04 Å². The van der Waals surface area contributed by atoms with Crippen LogP contribution >= 0.6 is 31.9 Å². The quantitative estimate of drug-likeness (QED) is 0.862. The van der Waals surface area contributed by atoms with Crippen molar-refractivity contribution in [1.29, 1.82) is 0 Å². The Kier molecular flexibility index (Phi) is 3.46. The summed E-state index contributed by atoms with van der Waals surface area (Å²) in [6, 6.07) is 7.67. The first-order chi connectivity index (χ1) is 8.24. The summed E-state index contributed by atoms with van der Waals surface area (Å²) < 4.78 is 2.28. The van der Waals surface area contributed by atoms with Gasteiger partial charge in [0.15, 0.2) is 0 Å². The topological polar surface area (TPSA) is 15.3 Å². The van der Waals surface area contributed by atoms with E-state index in [0.717, 1.165) is 15.0 Å². The summed E-state index contributed by atoms with van der Waals surface area (Å²) >= 11 is 7.14. The van der Waals surface area contributed by atoms with Crippen molar-refractivity contribution < 1.29 is 0 Å². The van der Waals surface area contributed by atoms with Crippen molar-refractivity contribution in [2.75, 3.05) is 18.4 Å². The Morgan fingerprint density at radius 1 is 1.18 bits per heavy atom. The molecule has 2 aliphatic heterocycles. The first kappa shape index (κ1) is 12.0. The molecule has 1 aromatic rings. The summed E-state index contributed by atoms with van der Waals surface area (Å²) in [6.07, 6.45) is 3.98. The molecule has 0 radical (unpaired) electrons. The number of anilines is 1. The van der Waals surface area contributed by atoms with Crippen LogP contribution in [0.25, 0.3) is 0 Å². The smallest absolute Gasteiger partial charge is 0.0498 e. The highest BCUT2D eigenvalue weighted by Crippen LogP contribution is 2.33. The molecule has 0 bridgehead atoms. The monoisotopic (exact) mass is 358 g/mol. The average Bonchev–Trinajstić information content (AvgIpc) is 2.88. The Bertz CT molecular complexity index is 422. The van der Waals surface area contributed by atoms with Gasteiger partial charge in [-0.3, -0.25) is 4.90 Å². The number of nitrogens with zero attached hydrogens (tertiary/aromatic N) is 1. The normalized spacial score (nSPS) is 28.4. The Morgan fingerprint density at radius 2 is 2.06 bits per heavy atom. The lowest BCUT2D eigenvalue weighted by atomic mass is 10.1. The minimum atomic E-state index is 0.614. The number of fused-ring (bicyclic) bond motifs is 1. The van der Waals surface area contributed by atoms with Gasteiger partial charge in [0, 0.05) is 33.3 Å². The number of nitrogens with one attached hydrogen (secondary N) is 1. The lowest BCUT2D eigenvalue weighted by molar-refractivity contribution is 0.318. The zero-order valence-electron chi connectivity index (χ0n) is 9.63. The van der Waals surface area contributed by atoms with Gasteiger partial charge in [0.1, 0.15) is 0 Å². The molecular formula is C13H16Br2N2. The molecule has 0 aromatic heterocycles. The van der Waals surface area contributed by atoms with E-state index in [1.54, 1.807) is 0 Å². The molecular weight excluding hydrogens is 344 g/mol. The van der Waals surface area contributed by atoms with Crippen LogP contribution in [-0.4, -0.2) is 30.1 Å². The molecule has 2 fully saturated rings. The zero-order valence-corrected chi connectivity index (χ0v) is 12.8. The lowest BCUT2D eigenvalue weighted by Crippen LogP contribution is -2.33. The summed E-state index contributed by atoms with van der Waals surface area (Å²) in [5, 5.41) is 3.70. The van der Waals surface area contributed by atoms with Crippen LogP contribution < -0.4 is 5.32 Å². The van der Waals surface area contributed by atoms with E-state index in [-0.39, 0.29) is 0 Å². The highest BCUT2D eigenvalue weighted by atomic mass is 79.9. The number of hydrogen-bond acceptors (Lipinski definition) is 2. The van der Waals surface area contributed by atoms with Gasteiger partial charge in [-0.2, -0.15) is 0 Å². The highest BCUT2D eigenvalue weighted by molar-refractivity contribution is 9.11. The van der Waals surface area contributed by atoms with Crippen molar-refractivity contribution in [3.63, 3.8) is 0 Å². The molecule has 0 saturated carbocycles. The summed E-state index contributed by atoms with van der Waals surface area (Å²) in [6.45, 7) is 2.55. The van der Waals surface area contributed by atoms with Crippen LogP contribution in [0.5, 0.6) is 0 Å². The molecule has 1 N–H and O–H groups in total. The molecule has 0 aliphatic carbocycles. The van der Waals surface area contributed by atoms with Crippen molar-refractivity contribution in [2.24, 2.45) is 0 Å². The van der Waals surface area contributed by atoms with Crippen LogP contribution in [0, 0.1) is 0 Å². The van der Waals surface area contributed by atoms with Crippen molar-refractivity contribution >= 4 is 37.5 Å². The van der Waals surface area contributed by atoms with Crippen LogP contribution in [0.2, 0.25) is 0 Å². The predicted octanol–water partition coefficient (Wildman–Crippen LogP) is 3.86. The largest absolute Gasteiger partial charge is 0.380 e. The van der Waals surface area contributed by atoms with Gasteiger partial charge in [-0.1, -0.05) is 15.9 Å². The molecule has 3 rings (SSSR count). The van der Waals surface area contributed by atoms with E-state index in [4.69, 9.17) is 0 Å². The third kappa shape index (κ3) is 2.40. The molecule has 2 aliphatic rings. The van der Waals surface area contributed by atoms with Gasteiger partial charge in [0.25, 0.3) is 0 Å². The summed E-state index contributed by atoms with van der Waals surface area (Å²) in [5.74, 6) is 0. The van der Waals surface area contributed by atoms with E-state index in [1.165, 1.54) is 38.0 Å². The molecule has 2 atom stereocenters. The first-order valence-corrected chi connectivity index (χ1v) is 7.78. The van der Waals surface area contributed by atoms with Crippen molar-refractivity contribution in [2.45, 2.75) is 31.3 Å². The molecule has 1 aromatic carbocycles. The molecule has 2 nitrogen and oxygen atoms in total. The van der Waals surface area contributed by atoms with Crippen molar-refractivity contribution in [3.8, 4) is 0 Å². The van der Waals surface area contributed by atoms with Crippen molar-refractivity contribution in [3.05, 3.63) is 27.1 Å². The molecule has 0 amide bonds. The van der Waals surface area contributed by atoms with E-state index in [1.807, 2.05) is 0 Å². The number of rotatable bonds is 2. The van der Waals surface area contributed by atoms with Gasteiger partial charge in [-0.25, -0.2) is 0 Å². The highest BCUT2D eigenvalue weighted by Gasteiger charge is 2.37. The summed E-state index contributed by atoms with van der Waals surface area (Å²) in [7, 11) is 0. The second-order valence-electron chi connectivity index (χ2n) is 4.91. The van der Waals surface area contributed by atoms with Gasteiger partial charge in [0.05, 0.1) is 0 Å². The fourth-order valence-electron chi connectivity index (χ4n) is 3.06. The molecule has 0 spiro atoms. The number of halogens is 2. The van der Waals surface area contributed by atoms with E-state index in [2.05, 4.69) is 60.3 Å². The fraction of sp³-hybridized carbons (Fsp3) is 0.538. The second kappa shape index (κ2) is 4.90. The summed E-state index contributed by atoms with van der Waals surface area (Å²) in [5.41, 5.74) is 1.21. The third-order valence-corrected chi connectivity index (χ3v) is 5.06. The average molecular weight is 360 g/mol. The SMILES string of the molecule is Brc1ccc(Br)c(NC2CCN3CCCC23)c1. The molecule has 92 valence electrons. The van der Waals surface area contributed by atoms with Crippen molar-refractivity contribution in [1.82, 2.24) is 4.90 Å². The van der Waals surface area contributed by atoms with Gasteiger partial charge < -0.3 is 5.32 Å². The van der Waals surface area contributed by atoms with Crippen LogP contribution in [0.1, 0.15) is 19.3 Å². The minimum absolute atomic E-state index is 0.614. The fourth-order valence-corrected chi connectivity index (χ4v) is 3.78. The lowest BCUT2D eigenvalue weighted by Gasteiger charge is -2.23. The van der Waals surface area contributed by atoms with Crippen LogP contribution in [-0.2, 0) is 0 Å². The van der Waals surface area contributed by atoms with Gasteiger partial charge in [-0.15, -0.1) is 0 Å². The molecule has 2 saturated heterocycles. The zero-order chi connectivity index (χ0) is 11.8. The Balaban J connectivity index is 1.76. The van der Waals surface area contributed by atoms with Gasteiger partial charge in [0.2, 0.25) is 0 Å². The van der Waals surface area contributed by atoms with Crippen LogP contribution in [0.15, 0.2) is 27.1 Å². The molecule has 2 heterocycles. The molecule has 4 heteroatoms. The Hall–Kier alpha value is -0.0600. The summed E-state index contributed by atoms with van der Waals surface area (Å²) in [4.78, 5) is 2.63. The second-order valence-corrected chi connectivity index (χ2v) is 6.68. The maximum Gasteiger partial charge on any atom is 0.0498 e. The maximum absolute atomic E-state index is 3.70. The Morgan fingerprint density at radius 3 is 2.94 bits per heavy atom. The maximum atomic E-state index is 3.70. The Labute approximate surface area is 119 Å². The number of hydrogen-bond donors (Lipinski definition) is 1. The van der Waals surface area contributed by atoms with Crippen LogP contribution in [0.4, 0.5) is 5.69 Å². The molecule has 17 heavy (non-hydrogen) atoms. The van der Waals surface area contributed by atoms with Gasteiger partial charge in [-0.05, 0) is 59.9 Å². The molecule has 2 unspecified atom stereocenters. The first-order valence-electron chi connectivity index (χ1n) is 6.20. The van der Waals surface area contributed by atoms with E-state index < -0.39 is 0 Å². The predicted molar refractivity (Wildman–Crippen MR) is 78.5 cm³/mol. The third-order valence-electron chi connectivity index (χ3n) is 3.88. The minimum Gasteiger partial charge on any atom is -0.380 e. The van der Waals surface area contributed by atoms with Gasteiger partial charge >= 0.3 is 0 Å². The standard InChI is InChI=1S/C13H16Br2N2/c14-9-3-4-10(15)12(8-9)16-11-5-7-17-6-1-2-13(11)17/h3-4,8,11,13,16H,1-2,5-7H2. The van der Waals surface area contributed by atoms with Crippen LogP contribution in [0.3, 0.4) is 0 Å². The van der Waals surface area contributed by atoms with E-state index >= 15 is 0 Å². The number of benzene rings is 1. The van der Waals surface area contributed by atoms with E-state index in [9.17, 15) is 0 Å².